The molecule has 5 heteroatoms. The van der Waals surface area contributed by atoms with Gasteiger partial charge in [-0.05, 0) is 105 Å². The number of rotatable bonds is 7. The minimum absolute atomic E-state index is 0.0248. The lowest BCUT2D eigenvalue weighted by Crippen LogP contribution is -2.51. The van der Waals surface area contributed by atoms with E-state index < -0.39 is 0 Å². The summed E-state index contributed by atoms with van der Waals surface area (Å²) in [6, 6.07) is 10.5. The highest BCUT2D eigenvalue weighted by molar-refractivity contribution is 5.94. The molecule has 4 saturated carbocycles. The number of hydrogen-bond donors (Lipinski definition) is 1. The van der Waals surface area contributed by atoms with Crippen LogP contribution in [0.3, 0.4) is 0 Å². The molecule has 4 aliphatic carbocycles. The zero-order valence-electron chi connectivity index (χ0n) is 17.5. The Morgan fingerprint density at radius 2 is 1.63 bits per heavy atom. The highest BCUT2D eigenvalue weighted by Crippen LogP contribution is 2.59. The summed E-state index contributed by atoms with van der Waals surface area (Å²) in [6.45, 7) is 2.54. The van der Waals surface area contributed by atoms with Crippen LogP contribution < -0.4 is 10.1 Å². The van der Waals surface area contributed by atoms with Crippen molar-refractivity contribution in [3.05, 3.63) is 53.5 Å². The minimum atomic E-state index is -0.136. The van der Waals surface area contributed by atoms with Gasteiger partial charge in [0, 0.05) is 12.1 Å². The first-order valence-corrected chi connectivity index (χ1v) is 11.1. The van der Waals surface area contributed by atoms with Gasteiger partial charge in [0.25, 0.3) is 5.91 Å². The minimum Gasteiger partial charge on any atom is -0.486 e. The Labute approximate surface area is 177 Å². The molecule has 5 nitrogen and oxygen atoms in total. The molecular weight excluding hydrogens is 378 g/mol. The second-order valence-electron chi connectivity index (χ2n) is 9.74. The lowest BCUT2D eigenvalue weighted by atomic mass is 9.49. The molecule has 0 unspecified atom stereocenters. The smallest absolute Gasteiger partial charge is 0.287 e. The van der Waals surface area contributed by atoms with Crippen molar-refractivity contribution in [2.24, 2.45) is 23.2 Å². The Morgan fingerprint density at radius 3 is 2.23 bits per heavy atom. The predicted molar refractivity (Wildman–Crippen MR) is 112 cm³/mol. The van der Waals surface area contributed by atoms with Crippen molar-refractivity contribution in [1.82, 2.24) is 5.32 Å². The zero-order chi connectivity index (χ0) is 20.7. The van der Waals surface area contributed by atoms with Gasteiger partial charge in [-0.15, -0.1) is 0 Å². The average Bonchev–Trinajstić information content (AvgIpc) is 3.19. The van der Waals surface area contributed by atoms with E-state index >= 15 is 0 Å². The summed E-state index contributed by atoms with van der Waals surface area (Å²) in [5, 5.41) is 3.15. The van der Waals surface area contributed by atoms with Gasteiger partial charge in [0.2, 0.25) is 0 Å². The number of carbonyl (C=O) groups is 2. The number of carbonyl (C=O) groups excluding carboxylic acids is 2. The van der Waals surface area contributed by atoms with Gasteiger partial charge in [-0.3, -0.25) is 9.59 Å². The first-order chi connectivity index (χ1) is 14.5. The van der Waals surface area contributed by atoms with Gasteiger partial charge >= 0.3 is 0 Å². The Bertz CT molecular complexity index is 907. The first-order valence-electron chi connectivity index (χ1n) is 11.1. The van der Waals surface area contributed by atoms with Gasteiger partial charge in [-0.2, -0.15) is 0 Å². The van der Waals surface area contributed by atoms with Gasteiger partial charge in [-0.1, -0.05) is 0 Å². The summed E-state index contributed by atoms with van der Waals surface area (Å²) >= 11 is 0. The topological polar surface area (TPSA) is 68.5 Å². The molecule has 1 N–H and O–H groups in total. The lowest BCUT2D eigenvalue weighted by molar-refractivity contribution is -0.0504. The summed E-state index contributed by atoms with van der Waals surface area (Å²) in [5.74, 6) is 4.12. The molecule has 0 atom stereocenters. The maximum Gasteiger partial charge on any atom is 0.287 e. The molecule has 1 aromatic heterocycles. The molecular formula is C25H29NO4. The molecule has 0 aliphatic heterocycles. The Balaban J connectivity index is 1.14. The van der Waals surface area contributed by atoms with Crippen molar-refractivity contribution in [2.45, 2.75) is 52.1 Å². The number of amides is 1. The normalized spacial score (nSPS) is 29.0. The second-order valence-corrected chi connectivity index (χ2v) is 9.74. The van der Waals surface area contributed by atoms with E-state index in [0.29, 0.717) is 28.2 Å². The van der Waals surface area contributed by atoms with E-state index in [9.17, 15) is 9.59 Å². The van der Waals surface area contributed by atoms with Crippen LogP contribution in [-0.2, 0) is 6.61 Å². The van der Waals surface area contributed by atoms with E-state index in [0.717, 1.165) is 24.3 Å². The molecule has 0 radical (unpaired) electrons. The third kappa shape index (κ3) is 3.90. The summed E-state index contributed by atoms with van der Waals surface area (Å²) < 4.78 is 11.4. The fraction of sp³-hybridized carbons (Fsp3) is 0.520. The summed E-state index contributed by atoms with van der Waals surface area (Å²) in [5.41, 5.74) is 0.966. The quantitative estimate of drug-likeness (QED) is 0.655. The molecule has 1 amide bonds. The van der Waals surface area contributed by atoms with Crippen LogP contribution in [0.15, 0.2) is 40.8 Å². The van der Waals surface area contributed by atoms with Crippen LogP contribution in [0.1, 0.15) is 72.1 Å². The van der Waals surface area contributed by atoms with E-state index in [-0.39, 0.29) is 18.3 Å². The third-order valence-electron chi connectivity index (χ3n) is 7.32. The highest BCUT2D eigenvalue weighted by Gasteiger charge is 2.50. The number of ether oxygens (including phenoxy) is 1. The van der Waals surface area contributed by atoms with Gasteiger partial charge in [0.05, 0.1) is 0 Å². The molecule has 0 saturated heterocycles. The van der Waals surface area contributed by atoms with Crippen LogP contribution in [-0.4, -0.2) is 18.2 Å². The van der Waals surface area contributed by atoms with E-state index in [2.05, 4.69) is 5.32 Å². The number of benzene rings is 1. The standard InChI is InChI=1S/C25H29NO4/c1-16(27)20-2-4-21(5-3-20)29-14-22-6-7-23(30-22)24(28)26-15-25-11-17-8-18(12-25)10-19(9-17)13-25/h2-7,17-19H,8-15H2,1H3,(H,26,28). The van der Waals surface area contributed by atoms with Crippen LogP contribution in [0.5, 0.6) is 5.75 Å². The zero-order valence-corrected chi connectivity index (χ0v) is 17.5. The van der Waals surface area contributed by atoms with Crippen molar-refractivity contribution >= 4 is 11.7 Å². The fourth-order valence-electron chi connectivity index (χ4n) is 6.38. The largest absolute Gasteiger partial charge is 0.486 e. The third-order valence-corrected chi connectivity index (χ3v) is 7.32. The molecule has 30 heavy (non-hydrogen) atoms. The molecule has 4 fully saturated rings. The van der Waals surface area contributed by atoms with Crippen LogP contribution >= 0.6 is 0 Å². The maximum atomic E-state index is 12.6. The number of nitrogens with one attached hydrogen (secondary N) is 1. The molecule has 1 heterocycles. The monoisotopic (exact) mass is 407 g/mol. The average molecular weight is 408 g/mol. The summed E-state index contributed by atoms with van der Waals surface area (Å²) in [6.07, 6.45) is 8.06. The molecule has 158 valence electrons. The number of Topliss-reactive ketones (excluding diaryl/α,β-unsaturated/α-hetero) is 1. The van der Waals surface area contributed by atoms with Gasteiger partial charge in [0.1, 0.15) is 18.1 Å². The van der Waals surface area contributed by atoms with Crippen LogP contribution in [0.25, 0.3) is 0 Å². The van der Waals surface area contributed by atoms with E-state index in [4.69, 9.17) is 9.15 Å². The molecule has 6 rings (SSSR count). The van der Waals surface area contributed by atoms with Crippen molar-refractivity contribution in [1.29, 1.82) is 0 Å². The highest BCUT2D eigenvalue weighted by atomic mass is 16.5. The van der Waals surface area contributed by atoms with Crippen molar-refractivity contribution in [2.75, 3.05) is 6.54 Å². The molecule has 2 aromatic rings. The van der Waals surface area contributed by atoms with Crippen LogP contribution in [0, 0.1) is 23.2 Å². The lowest BCUT2D eigenvalue weighted by Gasteiger charge is -2.56. The van der Waals surface area contributed by atoms with Crippen molar-refractivity contribution in [3.8, 4) is 5.75 Å². The Morgan fingerprint density at radius 1 is 1.00 bits per heavy atom. The SMILES string of the molecule is CC(=O)c1ccc(OCc2ccc(C(=O)NCC34CC5CC(CC(C5)C3)C4)o2)cc1. The van der Waals surface area contributed by atoms with Crippen molar-refractivity contribution in [3.63, 3.8) is 0 Å². The summed E-state index contributed by atoms with van der Waals surface area (Å²) in [7, 11) is 0. The van der Waals surface area contributed by atoms with Crippen LogP contribution in [0.4, 0.5) is 0 Å². The molecule has 4 aliphatic rings. The number of furan rings is 1. The summed E-state index contributed by atoms with van der Waals surface area (Å²) in [4.78, 5) is 24.0. The van der Waals surface area contributed by atoms with E-state index in [1.54, 1.807) is 36.4 Å². The Kier molecular flexibility index (Phi) is 4.92. The van der Waals surface area contributed by atoms with Gasteiger partial charge < -0.3 is 14.5 Å². The number of ketones is 1. The van der Waals surface area contributed by atoms with E-state index in [1.165, 1.54) is 45.4 Å². The molecule has 4 bridgehead atoms. The molecule has 0 spiro atoms. The fourth-order valence-corrected chi connectivity index (χ4v) is 6.38. The van der Waals surface area contributed by atoms with E-state index in [1.807, 2.05) is 0 Å². The Hall–Kier alpha value is -2.56. The number of hydrogen-bond acceptors (Lipinski definition) is 4. The van der Waals surface area contributed by atoms with Gasteiger partial charge in [-0.25, -0.2) is 0 Å². The van der Waals surface area contributed by atoms with Gasteiger partial charge in [0.15, 0.2) is 11.5 Å². The predicted octanol–water partition coefficient (Wildman–Crippen LogP) is 5.01. The first kappa shape index (κ1) is 19.4. The van der Waals surface area contributed by atoms with Crippen molar-refractivity contribution < 1.29 is 18.7 Å². The maximum absolute atomic E-state index is 12.6. The second kappa shape index (κ2) is 7.60. The van der Waals surface area contributed by atoms with Crippen LogP contribution in [0.2, 0.25) is 0 Å². The molecule has 1 aromatic carbocycles.